The molecular weight excluding hydrogens is 266 g/mol. The Morgan fingerprint density at radius 2 is 2.11 bits per heavy atom. The maximum Gasteiger partial charge on any atom is 0.260 e. The van der Waals surface area contributed by atoms with E-state index >= 15 is 0 Å². The molecule has 19 heavy (non-hydrogen) atoms. The summed E-state index contributed by atoms with van der Waals surface area (Å²) in [5.41, 5.74) is -0.208. The summed E-state index contributed by atoms with van der Waals surface area (Å²) >= 11 is 0. The van der Waals surface area contributed by atoms with Crippen molar-refractivity contribution in [2.24, 2.45) is 0 Å². The van der Waals surface area contributed by atoms with Crippen LogP contribution < -0.4 is 10.0 Å². The van der Waals surface area contributed by atoms with E-state index in [9.17, 15) is 8.42 Å². The third-order valence-corrected chi connectivity index (χ3v) is 3.96. The second-order valence-electron chi connectivity index (χ2n) is 4.81. The Hall–Kier alpha value is -1.18. The van der Waals surface area contributed by atoms with E-state index in [2.05, 4.69) is 15.0 Å². The quantitative estimate of drug-likeness (QED) is 0.788. The Labute approximate surface area is 114 Å². The summed E-state index contributed by atoms with van der Waals surface area (Å²) in [4.78, 5) is 3.96. The van der Waals surface area contributed by atoms with Gasteiger partial charge >= 0.3 is 0 Å². The number of nitrogens with one attached hydrogen (secondary N) is 2. The molecule has 0 saturated heterocycles. The van der Waals surface area contributed by atoms with Crippen molar-refractivity contribution in [3.8, 4) is 0 Å². The molecule has 6 nitrogen and oxygen atoms in total. The molecule has 0 radical (unpaired) electrons. The molecule has 1 aromatic rings. The first-order chi connectivity index (χ1) is 8.82. The van der Waals surface area contributed by atoms with Crippen molar-refractivity contribution in [2.75, 3.05) is 25.6 Å². The van der Waals surface area contributed by atoms with Gasteiger partial charge < -0.3 is 10.1 Å². The number of rotatable bonds is 7. The lowest BCUT2D eigenvalue weighted by Crippen LogP contribution is -2.47. The molecule has 108 valence electrons. The van der Waals surface area contributed by atoms with Crippen LogP contribution in [0, 0.1) is 0 Å². The Morgan fingerprint density at radius 1 is 1.42 bits per heavy atom. The molecule has 0 atom stereocenters. The zero-order chi connectivity index (χ0) is 14.5. The molecule has 1 rings (SSSR count). The van der Waals surface area contributed by atoms with Crippen LogP contribution in [0.5, 0.6) is 0 Å². The highest BCUT2D eigenvalue weighted by Crippen LogP contribution is 2.19. The standard InChI is InChI=1S/C12H21N3O3S/c1-5-13-10-7-6-8-14-11(10)19(16,17)15-12(2,3)9-18-4/h6-8,13,15H,5,9H2,1-4H3. The van der Waals surface area contributed by atoms with Crippen LogP contribution in [0.3, 0.4) is 0 Å². The second-order valence-corrected chi connectivity index (χ2v) is 6.41. The van der Waals surface area contributed by atoms with Gasteiger partial charge in [-0.05, 0) is 32.9 Å². The Bertz CT molecular complexity index is 515. The Balaban J connectivity index is 3.07. The van der Waals surface area contributed by atoms with E-state index in [4.69, 9.17) is 4.74 Å². The van der Waals surface area contributed by atoms with Crippen molar-refractivity contribution in [3.63, 3.8) is 0 Å². The fraction of sp³-hybridized carbons (Fsp3) is 0.583. The minimum absolute atomic E-state index is 0.000952. The zero-order valence-corrected chi connectivity index (χ0v) is 12.5. The van der Waals surface area contributed by atoms with E-state index in [1.165, 1.54) is 13.3 Å². The maximum atomic E-state index is 12.3. The molecule has 0 aliphatic rings. The fourth-order valence-corrected chi connectivity index (χ4v) is 3.24. The molecule has 0 amide bonds. The lowest BCUT2D eigenvalue weighted by Gasteiger charge is -2.25. The van der Waals surface area contributed by atoms with Crippen molar-refractivity contribution in [1.82, 2.24) is 9.71 Å². The van der Waals surface area contributed by atoms with Crippen molar-refractivity contribution in [1.29, 1.82) is 0 Å². The average molecular weight is 287 g/mol. The molecular formula is C12H21N3O3S. The average Bonchev–Trinajstić information content (AvgIpc) is 2.28. The number of sulfonamides is 1. The van der Waals surface area contributed by atoms with Crippen LogP contribution in [-0.2, 0) is 14.8 Å². The summed E-state index contributed by atoms with van der Waals surface area (Å²) in [6.07, 6.45) is 1.46. The van der Waals surface area contributed by atoms with Gasteiger partial charge in [-0.2, -0.15) is 0 Å². The first-order valence-corrected chi connectivity index (χ1v) is 7.52. The predicted octanol–water partition coefficient (Wildman–Crippen LogP) is 1.22. The molecule has 0 bridgehead atoms. The molecule has 0 aliphatic carbocycles. The molecule has 2 N–H and O–H groups in total. The molecule has 7 heteroatoms. The first kappa shape index (κ1) is 15.9. The van der Waals surface area contributed by atoms with Crippen molar-refractivity contribution in [2.45, 2.75) is 31.3 Å². The van der Waals surface area contributed by atoms with E-state index < -0.39 is 15.6 Å². The van der Waals surface area contributed by atoms with E-state index in [1.807, 2.05) is 6.92 Å². The van der Waals surface area contributed by atoms with Gasteiger partial charge in [-0.25, -0.2) is 18.1 Å². The minimum atomic E-state index is -3.70. The molecule has 0 spiro atoms. The molecule has 0 unspecified atom stereocenters. The third kappa shape index (κ3) is 4.45. The van der Waals surface area contributed by atoms with Crippen LogP contribution in [0.15, 0.2) is 23.4 Å². The van der Waals surface area contributed by atoms with Gasteiger partial charge in [0.1, 0.15) is 0 Å². The van der Waals surface area contributed by atoms with Crippen LogP contribution in [0.4, 0.5) is 5.69 Å². The van der Waals surface area contributed by atoms with Gasteiger partial charge in [-0.1, -0.05) is 0 Å². The highest BCUT2D eigenvalue weighted by molar-refractivity contribution is 7.89. The zero-order valence-electron chi connectivity index (χ0n) is 11.7. The fourth-order valence-electron chi connectivity index (χ4n) is 1.73. The van der Waals surface area contributed by atoms with Gasteiger partial charge in [0.05, 0.1) is 17.8 Å². The maximum absolute atomic E-state index is 12.3. The van der Waals surface area contributed by atoms with E-state index in [0.717, 1.165) is 0 Å². The van der Waals surface area contributed by atoms with E-state index in [-0.39, 0.29) is 11.6 Å². The lowest BCUT2D eigenvalue weighted by atomic mass is 10.1. The number of anilines is 1. The smallest absolute Gasteiger partial charge is 0.260 e. The van der Waals surface area contributed by atoms with Crippen LogP contribution in [-0.4, -0.2) is 39.2 Å². The normalized spacial score (nSPS) is 12.4. The third-order valence-electron chi connectivity index (χ3n) is 2.31. The summed E-state index contributed by atoms with van der Waals surface area (Å²) < 4.78 is 32.3. The minimum Gasteiger partial charge on any atom is -0.383 e. The SMILES string of the molecule is CCNc1cccnc1S(=O)(=O)NC(C)(C)COC. The molecule has 0 saturated carbocycles. The number of ether oxygens (including phenoxy) is 1. The number of pyridine rings is 1. The van der Waals surface area contributed by atoms with E-state index in [0.29, 0.717) is 12.2 Å². The van der Waals surface area contributed by atoms with Gasteiger partial charge in [0.25, 0.3) is 10.0 Å². The van der Waals surface area contributed by atoms with Gasteiger partial charge in [0.15, 0.2) is 5.03 Å². The lowest BCUT2D eigenvalue weighted by molar-refractivity contribution is 0.141. The molecule has 0 aromatic carbocycles. The van der Waals surface area contributed by atoms with Gasteiger partial charge in [-0.15, -0.1) is 0 Å². The highest BCUT2D eigenvalue weighted by atomic mass is 32.2. The number of nitrogens with zero attached hydrogens (tertiary/aromatic N) is 1. The van der Waals surface area contributed by atoms with Crippen molar-refractivity contribution >= 4 is 15.7 Å². The molecule has 0 fully saturated rings. The first-order valence-electron chi connectivity index (χ1n) is 6.04. The van der Waals surface area contributed by atoms with Crippen LogP contribution in [0.25, 0.3) is 0 Å². The molecule has 0 aliphatic heterocycles. The van der Waals surface area contributed by atoms with Crippen molar-refractivity contribution < 1.29 is 13.2 Å². The molecule has 1 aromatic heterocycles. The number of hydrogen-bond donors (Lipinski definition) is 2. The largest absolute Gasteiger partial charge is 0.383 e. The summed E-state index contributed by atoms with van der Waals surface area (Å²) in [5, 5.41) is 2.99. The van der Waals surface area contributed by atoms with Gasteiger partial charge in [0.2, 0.25) is 0 Å². The number of methoxy groups -OCH3 is 1. The highest BCUT2D eigenvalue weighted by Gasteiger charge is 2.28. The summed E-state index contributed by atoms with van der Waals surface area (Å²) in [6.45, 7) is 6.30. The van der Waals surface area contributed by atoms with E-state index in [1.54, 1.807) is 26.0 Å². The van der Waals surface area contributed by atoms with Crippen LogP contribution >= 0.6 is 0 Å². The van der Waals surface area contributed by atoms with Gasteiger partial charge in [-0.3, -0.25) is 0 Å². The van der Waals surface area contributed by atoms with Crippen LogP contribution in [0.2, 0.25) is 0 Å². The topological polar surface area (TPSA) is 80.3 Å². The van der Waals surface area contributed by atoms with Crippen LogP contribution in [0.1, 0.15) is 20.8 Å². The summed E-state index contributed by atoms with van der Waals surface area (Å²) in [7, 11) is -2.17. The number of hydrogen-bond acceptors (Lipinski definition) is 5. The monoisotopic (exact) mass is 287 g/mol. The number of aromatic nitrogens is 1. The van der Waals surface area contributed by atoms with Gasteiger partial charge in [0, 0.05) is 19.9 Å². The molecule has 1 heterocycles. The van der Waals surface area contributed by atoms with Crippen molar-refractivity contribution in [3.05, 3.63) is 18.3 Å². The second kappa shape index (κ2) is 6.31. The summed E-state index contributed by atoms with van der Waals surface area (Å²) in [5.74, 6) is 0. The Kier molecular flexibility index (Phi) is 5.28. The Morgan fingerprint density at radius 3 is 2.68 bits per heavy atom. The summed E-state index contributed by atoms with van der Waals surface area (Å²) in [6, 6.07) is 3.38. The predicted molar refractivity (Wildman–Crippen MR) is 74.7 cm³/mol.